The van der Waals surface area contributed by atoms with Crippen molar-refractivity contribution in [3.63, 3.8) is 0 Å². The van der Waals surface area contributed by atoms with Crippen molar-refractivity contribution < 1.29 is 0 Å². The van der Waals surface area contributed by atoms with Gasteiger partial charge in [0.25, 0.3) is 0 Å². The lowest BCUT2D eigenvalue weighted by atomic mass is 9.86. The highest BCUT2D eigenvalue weighted by Crippen LogP contribution is 2.39. The third-order valence-corrected chi connectivity index (χ3v) is 4.15. The molecule has 0 nitrogen and oxygen atoms in total. The summed E-state index contributed by atoms with van der Waals surface area (Å²) in [5.74, 6) is 0.369. The summed E-state index contributed by atoms with van der Waals surface area (Å²) in [6.07, 6.45) is 5.47. The summed E-state index contributed by atoms with van der Waals surface area (Å²) in [6, 6.07) is 17.0. The highest BCUT2D eigenvalue weighted by Gasteiger charge is 2.19. The van der Waals surface area contributed by atoms with Crippen molar-refractivity contribution in [3.05, 3.63) is 82.3 Å². The highest BCUT2D eigenvalue weighted by atomic mass is 79.9. The van der Waals surface area contributed by atoms with E-state index >= 15 is 0 Å². The molecule has 1 aliphatic carbocycles. The van der Waals surface area contributed by atoms with Gasteiger partial charge in [0, 0.05) is 10.4 Å². The van der Waals surface area contributed by atoms with Crippen molar-refractivity contribution in [1.29, 1.82) is 0 Å². The van der Waals surface area contributed by atoms with Gasteiger partial charge >= 0.3 is 0 Å². The molecule has 19 heavy (non-hydrogen) atoms. The second kappa shape index (κ2) is 5.18. The molecule has 0 bridgehead atoms. The van der Waals surface area contributed by atoms with E-state index in [0.717, 1.165) is 10.9 Å². The molecule has 0 aliphatic heterocycles. The van der Waals surface area contributed by atoms with E-state index in [1.807, 2.05) is 0 Å². The van der Waals surface area contributed by atoms with E-state index in [0.29, 0.717) is 5.92 Å². The van der Waals surface area contributed by atoms with Gasteiger partial charge in [0.05, 0.1) is 0 Å². The highest BCUT2D eigenvalue weighted by molar-refractivity contribution is 9.10. The molecule has 3 rings (SSSR count). The van der Waals surface area contributed by atoms with Gasteiger partial charge in [0.15, 0.2) is 0 Å². The Balaban J connectivity index is 2.08. The van der Waals surface area contributed by atoms with E-state index in [4.69, 9.17) is 0 Å². The monoisotopic (exact) mass is 310 g/mol. The van der Waals surface area contributed by atoms with Crippen molar-refractivity contribution >= 4 is 27.6 Å². The molecule has 0 N–H and O–H groups in total. The van der Waals surface area contributed by atoms with Crippen molar-refractivity contribution in [2.24, 2.45) is 0 Å². The van der Waals surface area contributed by atoms with Crippen molar-refractivity contribution in [2.45, 2.75) is 12.3 Å². The zero-order chi connectivity index (χ0) is 13.2. The molecule has 2 aromatic carbocycles. The van der Waals surface area contributed by atoms with Crippen LogP contribution < -0.4 is 0 Å². The first-order valence-electron chi connectivity index (χ1n) is 6.46. The summed E-state index contributed by atoms with van der Waals surface area (Å²) < 4.78 is 1.11. The first-order valence-corrected chi connectivity index (χ1v) is 7.25. The van der Waals surface area contributed by atoms with Crippen LogP contribution in [0.5, 0.6) is 0 Å². The van der Waals surface area contributed by atoms with Crippen LogP contribution in [0.25, 0.3) is 11.6 Å². The van der Waals surface area contributed by atoms with Gasteiger partial charge in [0.2, 0.25) is 0 Å². The fourth-order valence-corrected chi connectivity index (χ4v) is 3.00. The molecule has 1 atom stereocenters. The number of hydrogen-bond donors (Lipinski definition) is 0. The average molecular weight is 311 g/mol. The molecular formula is C18H15Br. The number of rotatable bonds is 1. The van der Waals surface area contributed by atoms with Crippen molar-refractivity contribution in [2.75, 3.05) is 0 Å². The molecule has 1 heteroatoms. The van der Waals surface area contributed by atoms with Gasteiger partial charge in [-0.25, -0.2) is 0 Å². The Labute approximate surface area is 122 Å². The molecule has 0 saturated carbocycles. The quantitative estimate of drug-likeness (QED) is 0.637. The third kappa shape index (κ3) is 2.43. The largest absolute Gasteiger partial charge is 0.0946 e. The number of benzene rings is 2. The van der Waals surface area contributed by atoms with E-state index in [1.165, 1.54) is 22.3 Å². The van der Waals surface area contributed by atoms with Crippen LogP contribution in [0.4, 0.5) is 0 Å². The maximum Gasteiger partial charge on any atom is 0.0181 e. The molecule has 1 unspecified atom stereocenters. The zero-order valence-electron chi connectivity index (χ0n) is 10.6. The summed E-state index contributed by atoms with van der Waals surface area (Å²) >= 11 is 3.55. The third-order valence-electron chi connectivity index (χ3n) is 3.65. The molecule has 0 radical (unpaired) electrons. The Morgan fingerprint density at radius 3 is 2.63 bits per heavy atom. The van der Waals surface area contributed by atoms with Crippen molar-refractivity contribution in [1.82, 2.24) is 0 Å². The smallest absolute Gasteiger partial charge is 0.0181 e. The van der Waals surface area contributed by atoms with Gasteiger partial charge in [-0.3, -0.25) is 0 Å². The Morgan fingerprint density at radius 2 is 1.84 bits per heavy atom. The summed E-state index contributed by atoms with van der Waals surface area (Å²) in [7, 11) is 0. The summed E-state index contributed by atoms with van der Waals surface area (Å²) in [4.78, 5) is 0. The van der Waals surface area contributed by atoms with Crippen LogP contribution in [0.3, 0.4) is 0 Å². The Hall–Kier alpha value is -1.60. The summed E-state index contributed by atoms with van der Waals surface area (Å²) in [5.41, 5.74) is 5.04. The second-order valence-corrected chi connectivity index (χ2v) is 5.77. The lowest BCUT2D eigenvalue weighted by Gasteiger charge is -2.18. The maximum absolute atomic E-state index is 4.35. The summed E-state index contributed by atoms with van der Waals surface area (Å²) in [6.45, 7) is 4.35. The minimum absolute atomic E-state index is 0.369. The van der Waals surface area contributed by atoms with Gasteiger partial charge in [-0.05, 0) is 40.8 Å². The van der Waals surface area contributed by atoms with Crippen LogP contribution in [-0.2, 0) is 0 Å². The molecule has 94 valence electrons. The minimum Gasteiger partial charge on any atom is -0.0946 e. The molecule has 2 aromatic rings. The van der Waals surface area contributed by atoms with E-state index in [-0.39, 0.29) is 0 Å². The number of halogens is 1. The predicted octanol–water partition coefficient (Wildman–Crippen LogP) is 5.66. The SMILES string of the molecule is C=C1c2cc(Br)ccc2C=CCC1c1ccccc1. The van der Waals surface area contributed by atoms with Crippen molar-refractivity contribution in [3.8, 4) is 0 Å². The van der Waals surface area contributed by atoms with Gasteiger partial charge < -0.3 is 0 Å². The maximum atomic E-state index is 4.35. The first kappa shape index (κ1) is 12.4. The predicted molar refractivity (Wildman–Crippen MR) is 86.0 cm³/mol. The Morgan fingerprint density at radius 1 is 1.05 bits per heavy atom. The Bertz CT molecular complexity index is 638. The first-order chi connectivity index (χ1) is 9.25. The van der Waals surface area contributed by atoms with Gasteiger partial charge in [0.1, 0.15) is 0 Å². The zero-order valence-corrected chi connectivity index (χ0v) is 12.2. The fraction of sp³-hybridized carbons (Fsp3) is 0.111. The molecule has 0 spiro atoms. The standard InChI is InChI=1S/C18H15Br/c1-13-17(14-6-3-2-4-7-14)9-5-8-15-10-11-16(19)12-18(13)15/h2-8,10-12,17H,1,9H2. The molecule has 1 aliphatic rings. The lowest BCUT2D eigenvalue weighted by molar-refractivity contribution is 0.892. The lowest BCUT2D eigenvalue weighted by Crippen LogP contribution is -2.00. The van der Waals surface area contributed by atoms with Gasteiger partial charge in [-0.15, -0.1) is 0 Å². The summed E-state index contributed by atoms with van der Waals surface area (Å²) in [5, 5.41) is 0. The number of hydrogen-bond acceptors (Lipinski definition) is 0. The molecule has 0 aromatic heterocycles. The fourth-order valence-electron chi connectivity index (χ4n) is 2.64. The van der Waals surface area contributed by atoms with Crippen LogP contribution in [0.15, 0.2) is 65.7 Å². The topological polar surface area (TPSA) is 0 Å². The van der Waals surface area contributed by atoms with E-state index < -0.39 is 0 Å². The number of allylic oxidation sites excluding steroid dienone is 2. The molecule has 0 saturated heterocycles. The van der Waals surface area contributed by atoms with Crippen LogP contribution in [-0.4, -0.2) is 0 Å². The normalized spacial score (nSPS) is 17.9. The van der Waals surface area contributed by atoms with Crippen LogP contribution in [0, 0.1) is 0 Å². The van der Waals surface area contributed by atoms with E-state index in [9.17, 15) is 0 Å². The van der Waals surface area contributed by atoms with Gasteiger partial charge in [-0.1, -0.05) is 71.1 Å². The van der Waals surface area contributed by atoms with Crippen LogP contribution in [0.1, 0.15) is 29.0 Å². The minimum atomic E-state index is 0.369. The average Bonchev–Trinajstić information content (AvgIpc) is 2.60. The van der Waals surface area contributed by atoms with Crippen LogP contribution >= 0.6 is 15.9 Å². The molecule has 0 heterocycles. The van der Waals surface area contributed by atoms with Crippen LogP contribution in [0.2, 0.25) is 0 Å². The van der Waals surface area contributed by atoms with Gasteiger partial charge in [-0.2, -0.15) is 0 Å². The van der Waals surface area contributed by atoms with E-state index in [1.54, 1.807) is 0 Å². The second-order valence-electron chi connectivity index (χ2n) is 4.86. The van der Waals surface area contributed by atoms with E-state index in [2.05, 4.69) is 83.2 Å². The molecular weight excluding hydrogens is 296 g/mol. The number of fused-ring (bicyclic) bond motifs is 1. The Kier molecular flexibility index (Phi) is 3.39. The molecule has 0 fully saturated rings. The molecule has 0 amide bonds.